The summed E-state index contributed by atoms with van der Waals surface area (Å²) in [7, 11) is 1.92. The van der Waals surface area contributed by atoms with Gasteiger partial charge in [-0.15, -0.1) is 10.2 Å². The SMILES string of the molecule is CC(C)n1nccc1CN1CCCC(O)(Cc2nncn2C)C1. The Morgan fingerprint density at radius 1 is 1.39 bits per heavy atom. The first-order valence-corrected chi connectivity index (χ1v) is 8.27. The number of likely N-dealkylation sites (tertiary alicyclic amines) is 1. The van der Waals surface area contributed by atoms with E-state index in [1.54, 1.807) is 6.33 Å². The zero-order valence-corrected chi connectivity index (χ0v) is 14.2. The van der Waals surface area contributed by atoms with Gasteiger partial charge in [-0.1, -0.05) is 0 Å². The molecule has 1 aliphatic rings. The second-order valence-electron chi connectivity index (χ2n) is 6.93. The molecule has 1 saturated heterocycles. The van der Waals surface area contributed by atoms with Crippen LogP contribution in [0, 0.1) is 0 Å². The lowest BCUT2D eigenvalue weighted by atomic mass is 9.89. The van der Waals surface area contributed by atoms with Gasteiger partial charge in [-0.05, 0) is 39.3 Å². The van der Waals surface area contributed by atoms with Gasteiger partial charge < -0.3 is 9.67 Å². The molecule has 0 spiro atoms. The van der Waals surface area contributed by atoms with E-state index in [2.05, 4.69) is 44.8 Å². The number of aliphatic hydroxyl groups is 1. The molecule has 1 unspecified atom stereocenters. The first-order chi connectivity index (χ1) is 11.0. The van der Waals surface area contributed by atoms with Crippen LogP contribution in [0.15, 0.2) is 18.6 Å². The molecule has 2 aromatic rings. The normalized spacial score (nSPS) is 22.8. The average Bonchev–Trinajstić information content (AvgIpc) is 3.09. The summed E-state index contributed by atoms with van der Waals surface area (Å²) in [5, 5.41) is 23.4. The summed E-state index contributed by atoms with van der Waals surface area (Å²) in [6.07, 6.45) is 5.87. The van der Waals surface area contributed by atoms with Gasteiger partial charge in [0.15, 0.2) is 0 Å². The summed E-state index contributed by atoms with van der Waals surface area (Å²) >= 11 is 0. The predicted molar refractivity (Wildman–Crippen MR) is 86.8 cm³/mol. The molecule has 0 radical (unpaired) electrons. The topological polar surface area (TPSA) is 72.0 Å². The van der Waals surface area contributed by atoms with Gasteiger partial charge in [0.25, 0.3) is 0 Å². The number of hydrogen-bond donors (Lipinski definition) is 1. The fraction of sp³-hybridized carbons (Fsp3) is 0.688. The molecular formula is C16H26N6O. The smallest absolute Gasteiger partial charge is 0.135 e. The molecule has 3 rings (SSSR count). The zero-order valence-electron chi connectivity index (χ0n) is 14.2. The van der Waals surface area contributed by atoms with Gasteiger partial charge in [0.2, 0.25) is 0 Å². The van der Waals surface area contributed by atoms with Crippen molar-refractivity contribution in [2.75, 3.05) is 13.1 Å². The number of piperidine rings is 1. The standard InChI is InChI=1S/C16H26N6O/c1-13(2)22-14(5-7-18-22)10-21-8-4-6-16(23,11-21)9-15-19-17-12-20(15)3/h5,7,12-13,23H,4,6,8-11H2,1-3H3. The Balaban J connectivity index is 1.68. The van der Waals surface area contributed by atoms with Crippen LogP contribution < -0.4 is 0 Å². The molecule has 1 aliphatic heterocycles. The van der Waals surface area contributed by atoms with Crippen molar-refractivity contribution in [2.45, 2.75) is 51.3 Å². The third-order valence-electron chi connectivity index (χ3n) is 4.55. The molecule has 3 heterocycles. The van der Waals surface area contributed by atoms with Gasteiger partial charge in [0.05, 0.1) is 11.3 Å². The minimum atomic E-state index is -0.734. The van der Waals surface area contributed by atoms with Crippen LogP contribution in [0.5, 0.6) is 0 Å². The van der Waals surface area contributed by atoms with Crippen molar-refractivity contribution in [2.24, 2.45) is 7.05 Å². The van der Waals surface area contributed by atoms with Crippen LogP contribution in [0.4, 0.5) is 0 Å². The van der Waals surface area contributed by atoms with Crippen LogP contribution in [0.3, 0.4) is 0 Å². The Kier molecular flexibility index (Phi) is 4.50. The molecule has 7 heteroatoms. The third kappa shape index (κ3) is 3.61. The lowest BCUT2D eigenvalue weighted by Crippen LogP contribution is -2.49. The van der Waals surface area contributed by atoms with Gasteiger partial charge in [-0.3, -0.25) is 9.58 Å². The molecule has 0 amide bonds. The van der Waals surface area contributed by atoms with Crippen LogP contribution in [-0.2, 0) is 20.0 Å². The Morgan fingerprint density at radius 2 is 2.22 bits per heavy atom. The first-order valence-electron chi connectivity index (χ1n) is 8.27. The van der Waals surface area contributed by atoms with E-state index in [-0.39, 0.29) is 0 Å². The van der Waals surface area contributed by atoms with Crippen molar-refractivity contribution in [1.82, 2.24) is 29.4 Å². The molecule has 7 nitrogen and oxygen atoms in total. The molecule has 0 aliphatic carbocycles. The van der Waals surface area contributed by atoms with E-state index in [9.17, 15) is 5.11 Å². The summed E-state index contributed by atoms with van der Waals surface area (Å²) in [5.41, 5.74) is 0.463. The number of nitrogens with zero attached hydrogens (tertiary/aromatic N) is 6. The van der Waals surface area contributed by atoms with Crippen LogP contribution in [0.25, 0.3) is 0 Å². The van der Waals surface area contributed by atoms with Gasteiger partial charge >= 0.3 is 0 Å². The van der Waals surface area contributed by atoms with E-state index in [0.717, 1.165) is 31.8 Å². The Hall–Kier alpha value is -1.73. The molecule has 2 aromatic heterocycles. The average molecular weight is 318 g/mol. The Morgan fingerprint density at radius 3 is 2.91 bits per heavy atom. The molecule has 23 heavy (non-hydrogen) atoms. The molecule has 1 fully saturated rings. The lowest BCUT2D eigenvalue weighted by molar-refractivity contribution is -0.0351. The molecular weight excluding hydrogens is 292 g/mol. The van der Waals surface area contributed by atoms with E-state index < -0.39 is 5.60 Å². The van der Waals surface area contributed by atoms with Crippen LogP contribution in [-0.4, -0.2) is 53.2 Å². The van der Waals surface area contributed by atoms with Gasteiger partial charge in [-0.2, -0.15) is 5.10 Å². The number of aryl methyl sites for hydroxylation is 1. The molecule has 1 atom stereocenters. The van der Waals surface area contributed by atoms with E-state index in [1.807, 2.05) is 17.8 Å². The zero-order chi connectivity index (χ0) is 16.4. The third-order valence-corrected chi connectivity index (χ3v) is 4.55. The van der Waals surface area contributed by atoms with E-state index >= 15 is 0 Å². The second kappa shape index (κ2) is 6.41. The summed E-state index contributed by atoms with van der Waals surface area (Å²) < 4.78 is 3.93. The largest absolute Gasteiger partial charge is 0.388 e. The van der Waals surface area contributed by atoms with Gasteiger partial charge in [-0.25, -0.2) is 0 Å². The van der Waals surface area contributed by atoms with Gasteiger partial charge in [0, 0.05) is 38.8 Å². The highest BCUT2D eigenvalue weighted by Crippen LogP contribution is 2.26. The number of β-amino-alcohol motifs (C(OH)–C–C–N with tert-alkyl or cyclic N) is 1. The Bertz CT molecular complexity index is 649. The monoisotopic (exact) mass is 318 g/mol. The molecule has 0 bridgehead atoms. The maximum absolute atomic E-state index is 11.0. The maximum Gasteiger partial charge on any atom is 0.135 e. The van der Waals surface area contributed by atoms with E-state index in [1.165, 1.54) is 5.69 Å². The minimum absolute atomic E-state index is 0.349. The summed E-state index contributed by atoms with van der Waals surface area (Å²) in [6.45, 7) is 6.75. The summed E-state index contributed by atoms with van der Waals surface area (Å²) in [5.74, 6) is 0.835. The summed E-state index contributed by atoms with van der Waals surface area (Å²) in [6, 6.07) is 2.42. The number of hydrogen-bond acceptors (Lipinski definition) is 5. The Labute approximate surface area is 136 Å². The number of rotatable bonds is 5. The minimum Gasteiger partial charge on any atom is -0.388 e. The molecule has 0 aromatic carbocycles. The van der Waals surface area contributed by atoms with Crippen LogP contribution in [0.1, 0.15) is 44.2 Å². The number of aromatic nitrogens is 5. The first kappa shape index (κ1) is 16.1. The van der Waals surface area contributed by atoms with Crippen molar-refractivity contribution in [3.05, 3.63) is 30.1 Å². The summed E-state index contributed by atoms with van der Waals surface area (Å²) in [4.78, 5) is 2.32. The van der Waals surface area contributed by atoms with E-state index in [0.29, 0.717) is 19.0 Å². The lowest BCUT2D eigenvalue weighted by Gasteiger charge is -2.39. The van der Waals surface area contributed by atoms with Crippen LogP contribution in [0.2, 0.25) is 0 Å². The highest BCUT2D eigenvalue weighted by molar-refractivity contribution is 5.04. The van der Waals surface area contributed by atoms with Crippen molar-refractivity contribution in [1.29, 1.82) is 0 Å². The highest BCUT2D eigenvalue weighted by atomic mass is 16.3. The molecule has 0 saturated carbocycles. The predicted octanol–water partition coefficient (Wildman–Crippen LogP) is 1.16. The quantitative estimate of drug-likeness (QED) is 0.896. The van der Waals surface area contributed by atoms with Crippen molar-refractivity contribution in [3.63, 3.8) is 0 Å². The fourth-order valence-electron chi connectivity index (χ4n) is 3.41. The maximum atomic E-state index is 11.0. The second-order valence-corrected chi connectivity index (χ2v) is 6.93. The molecule has 1 N–H and O–H groups in total. The fourth-order valence-corrected chi connectivity index (χ4v) is 3.41. The molecule has 126 valence electrons. The van der Waals surface area contributed by atoms with Crippen LogP contribution >= 0.6 is 0 Å². The van der Waals surface area contributed by atoms with Crippen molar-refractivity contribution >= 4 is 0 Å². The van der Waals surface area contributed by atoms with E-state index in [4.69, 9.17) is 0 Å². The van der Waals surface area contributed by atoms with Gasteiger partial charge in [0.1, 0.15) is 12.2 Å². The highest BCUT2D eigenvalue weighted by Gasteiger charge is 2.35. The van der Waals surface area contributed by atoms with Crippen molar-refractivity contribution < 1.29 is 5.11 Å². The van der Waals surface area contributed by atoms with Crippen molar-refractivity contribution in [3.8, 4) is 0 Å².